The van der Waals surface area contributed by atoms with E-state index in [-0.39, 0.29) is 22.9 Å². The van der Waals surface area contributed by atoms with E-state index >= 15 is 0 Å². The van der Waals surface area contributed by atoms with E-state index in [2.05, 4.69) is 19.9 Å². The van der Waals surface area contributed by atoms with Gasteiger partial charge in [0, 0.05) is 24.3 Å². The smallest absolute Gasteiger partial charge is 0.331 e. The second-order valence-electron chi connectivity index (χ2n) is 10.7. The minimum Gasteiger partial charge on any atom is -0.459 e. The van der Waals surface area contributed by atoms with E-state index in [4.69, 9.17) is 4.74 Å². The van der Waals surface area contributed by atoms with Crippen LogP contribution in [0.3, 0.4) is 0 Å². The first-order valence-electron chi connectivity index (χ1n) is 12.1. The summed E-state index contributed by atoms with van der Waals surface area (Å²) in [4.78, 5) is 25.0. The zero-order valence-corrected chi connectivity index (χ0v) is 18.8. The Morgan fingerprint density at radius 2 is 1.77 bits per heavy atom. The van der Waals surface area contributed by atoms with E-state index in [0.29, 0.717) is 23.5 Å². The number of carbonyl (C=O) groups excluding carboxylic acids is 2. The molecule has 3 saturated carbocycles. The van der Waals surface area contributed by atoms with Crippen LogP contribution in [0.1, 0.15) is 70.8 Å². The lowest BCUT2D eigenvalue weighted by Crippen LogP contribution is -2.50. The summed E-state index contributed by atoms with van der Waals surface area (Å²) in [6, 6.07) is 9.85. The number of allylic oxidation sites excluding steroid dienone is 1. The minimum absolute atomic E-state index is 0.0225. The van der Waals surface area contributed by atoms with Gasteiger partial charge >= 0.3 is 5.97 Å². The van der Waals surface area contributed by atoms with Crippen LogP contribution in [-0.2, 0) is 14.3 Å². The predicted octanol–water partition coefficient (Wildman–Crippen LogP) is 6.14. The van der Waals surface area contributed by atoms with E-state index in [1.54, 1.807) is 6.08 Å². The molecule has 1 aromatic carbocycles. The zero-order chi connectivity index (χ0) is 21.6. The number of ether oxygens (including phenoxy) is 1. The molecular formula is C28H34O3. The summed E-state index contributed by atoms with van der Waals surface area (Å²) in [6.45, 7) is 4.69. The standard InChI is InChI=1S/C28H34O3/c1-27-16-14-21(31-26(30)13-8-19-6-4-3-5-7-19)18-20(27)9-10-22-23-11-12-25(29)28(23,2)17-15-24(22)27/h3-9,13,21-24H,10-12,14-18H2,1-2H3/b13-8-/t21-,22+,23+,24+,27-,28+/m0/s1. The number of Topliss-reactive ketones (excluding diaryl/α,β-unsaturated/α-hetero) is 1. The van der Waals surface area contributed by atoms with Gasteiger partial charge in [0.1, 0.15) is 11.9 Å². The average molecular weight is 419 g/mol. The Morgan fingerprint density at radius 3 is 2.58 bits per heavy atom. The van der Waals surface area contributed by atoms with Crippen molar-refractivity contribution in [3.63, 3.8) is 0 Å². The van der Waals surface area contributed by atoms with Gasteiger partial charge in [-0.2, -0.15) is 0 Å². The van der Waals surface area contributed by atoms with Gasteiger partial charge in [-0.15, -0.1) is 0 Å². The summed E-state index contributed by atoms with van der Waals surface area (Å²) in [7, 11) is 0. The van der Waals surface area contributed by atoms with Crippen molar-refractivity contribution in [1.82, 2.24) is 0 Å². The summed E-state index contributed by atoms with van der Waals surface area (Å²) in [5.41, 5.74) is 2.64. The van der Waals surface area contributed by atoms with Crippen molar-refractivity contribution >= 4 is 17.8 Å². The quantitative estimate of drug-likeness (QED) is 0.336. The molecule has 0 unspecified atom stereocenters. The van der Waals surface area contributed by atoms with Gasteiger partial charge in [-0.25, -0.2) is 4.79 Å². The monoisotopic (exact) mass is 418 g/mol. The second kappa shape index (κ2) is 7.76. The molecular weight excluding hydrogens is 384 g/mol. The molecule has 6 atom stereocenters. The largest absolute Gasteiger partial charge is 0.459 e. The third kappa shape index (κ3) is 3.50. The maximum atomic E-state index is 12.6. The van der Waals surface area contributed by atoms with Crippen molar-refractivity contribution in [1.29, 1.82) is 0 Å². The van der Waals surface area contributed by atoms with Crippen LogP contribution in [0.25, 0.3) is 6.08 Å². The summed E-state index contributed by atoms with van der Waals surface area (Å²) in [6.07, 6.45) is 13.9. The van der Waals surface area contributed by atoms with Crippen molar-refractivity contribution in [3.8, 4) is 0 Å². The Morgan fingerprint density at radius 1 is 1.03 bits per heavy atom. The SMILES string of the molecule is C[C@@]12CC[C@@H]3[C@H](CC=C4C[C@@H](OC(=O)/C=C\c5ccccc5)CC[C@@]43C)[C@H]1CCC2=O. The highest BCUT2D eigenvalue weighted by Gasteiger charge is 2.58. The summed E-state index contributed by atoms with van der Waals surface area (Å²) in [5, 5.41) is 0. The molecule has 1 aromatic rings. The fourth-order valence-corrected chi connectivity index (χ4v) is 7.43. The van der Waals surface area contributed by atoms with Crippen LogP contribution >= 0.6 is 0 Å². The fraction of sp³-hybridized carbons (Fsp3) is 0.571. The fourth-order valence-electron chi connectivity index (χ4n) is 7.43. The van der Waals surface area contributed by atoms with Crippen molar-refractivity contribution in [2.45, 2.75) is 71.3 Å². The lowest BCUT2D eigenvalue weighted by atomic mass is 9.48. The van der Waals surface area contributed by atoms with Crippen LogP contribution in [-0.4, -0.2) is 17.9 Å². The molecule has 4 aliphatic rings. The topological polar surface area (TPSA) is 43.4 Å². The maximum absolute atomic E-state index is 12.6. The van der Waals surface area contributed by atoms with Gasteiger partial charge in [-0.05, 0) is 73.3 Å². The van der Waals surface area contributed by atoms with Gasteiger partial charge in [0.15, 0.2) is 0 Å². The van der Waals surface area contributed by atoms with Crippen molar-refractivity contribution in [2.75, 3.05) is 0 Å². The normalized spacial score (nSPS) is 39.4. The molecule has 0 amide bonds. The highest BCUT2D eigenvalue weighted by Crippen LogP contribution is 2.64. The van der Waals surface area contributed by atoms with Crippen molar-refractivity contribution in [3.05, 3.63) is 53.6 Å². The third-order valence-electron chi connectivity index (χ3n) is 9.26. The number of benzene rings is 1. The predicted molar refractivity (Wildman–Crippen MR) is 122 cm³/mol. The summed E-state index contributed by atoms with van der Waals surface area (Å²) < 4.78 is 5.83. The molecule has 4 aliphatic carbocycles. The number of carbonyl (C=O) groups is 2. The van der Waals surface area contributed by atoms with E-state index in [1.807, 2.05) is 36.4 Å². The number of esters is 1. The third-order valence-corrected chi connectivity index (χ3v) is 9.26. The molecule has 164 valence electrons. The van der Waals surface area contributed by atoms with Crippen LogP contribution in [0.15, 0.2) is 48.1 Å². The molecule has 3 nitrogen and oxygen atoms in total. The Balaban J connectivity index is 1.26. The zero-order valence-electron chi connectivity index (χ0n) is 18.8. The van der Waals surface area contributed by atoms with E-state index < -0.39 is 0 Å². The Kier molecular flexibility index (Phi) is 5.19. The number of fused-ring (bicyclic) bond motifs is 5. The molecule has 3 heteroatoms. The number of ketones is 1. The second-order valence-corrected chi connectivity index (χ2v) is 10.7. The Hall–Kier alpha value is -2.16. The Bertz CT molecular complexity index is 929. The summed E-state index contributed by atoms with van der Waals surface area (Å²) in [5.74, 6) is 2.14. The van der Waals surface area contributed by atoms with Crippen molar-refractivity contribution < 1.29 is 14.3 Å². The first-order valence-corrected chi connectivity index (χ1v) is 12.1. The molecule has 0 heterocycles. The van der Waals surface area contributed by atoms with Gasteiger partial charge in [-0.3, -0.25) is 4.79 Å². The highest BCUT2D eigenvalue weighted by atomic mass is 16.5. The number of hydrogen-bond acceptors (Lipinski definition) is 3. The van der Waals surface area contributed by atoms with Crippen LogP contribution < -0.4 is 0 Å². The van der Waals surface area contributed by atoms with Crippen LogP contribution in [0, 0.1) is 28.6 Å². The number of hydrogen-bond donors (Lipinski definition) is 0. The molecule has 0 spiro atoms. The molecule has 5 rings (SSSR count). The molecule has 31 heavy (non-hydrogen) atoms. The van der Waals surface area contributed by atoms with Crippen molar-refractivity contribution in [2.24, 2.45) is 28.6 Å². The van der Waals surface area contributed by atoms with Gasteiger partial charge in [0.25, 0.3) is 0 Å². The molecule has 3 fully saturated rings. The van der Waals surface area contributed by atoms with Gasteiger partial charge in [-0.1, -0.05) is 55.8 Å². The molecule has 0 N–H and O–H groups in total. The highest BCUT2D eigenvalue weighted by molar-refractivity contribution is 5.87. The van der Waals surface area contributed by atoms with E-state index in [1.165, 1.54) is 12.0 Å². The molecule has 0 bridgehead atoms. The van der Waals surface area contributed by atoms with Crippen LogP contribution in [0.5, 0.6) is 0 Å². The maximum Gasteiger partial charge on any atom is 0.331 e. The van der Waals surface area contributed by atoms with Gasteiger partial charge < -0.3 is 4.74 Å². The molecule has 0 aromatic heterocycles. The summed E-state index contributed by atoms with van der Waals surface area (Å²) >= 11 is 0. The van der Waals surface area contributed by atoms with Crippen LogP contribution in [0.4, 0.5) is 0 Å². The van der Waals surface area contributed by atoms with Gasteiger partial charge in [0.2, 0.25) is 0 Å². The first-order chi connectivity index (χ1) is 14.9. The van der Waals surface area contributed by atoms with Crippen LogP contribution in [0.2, 0.25) is 0 Å². The minimum atomic E-state index is -0.246. The molecule has 0 radical (unpaired) electrons. The molecule has 0 saturated heterocycles. The Labute approximate surface area is 185 Å². The number of rotatable bonds is 3. The lowest BCUT2D eigenvalue weighted by Gasteiger charge is -2.56. The molecule has 0 aliphatic heterocycles. The van der Waals surface area contributed by atoms with E-state index in [9.17, 15) is 9.59 Å². The first kappa shape index (κ1) is 20.7. The van der Waals surface area contributed by atoms with Gasteiger partial charge in [0.05, 0.1) is 0 Å². The van der Waals surface area contributed by atoms with E-state index in [0.717, 1.165) is 50.5 Å². The average Bonchev–Trinajstić information content (AvgIpc) is 3.08. The lowest BCUT2D eigenvalue weighted by molar-refractivity contribution is -0.145.